The van der Waals surface area contributed by atoms with Crippen LogP contribution in [-0.4, -0.2) is 27.1 Å². The van der Waals surface area contributed by atoms with Gasteiger partial charge in [-0.2, -0.15) is 0 Å². The summed E-state index contributed by atoms with van der Waals surface area (Å²) >= 11 is 4.01. The van der Waals surface area contributed by atoms with Crippen molar-refractivity contribution in [3.63, 3.8) is 0 Å². The summed E-state index contributed by atoms with van der Waals surface area (Å²) in [6.07, 6.45) is 0. The fourth-order valence-electron chi connectivity index (χ4n) is 1.70. The lowest BCUT2D eigenvalue weighted by Gasteiger charge is -2.12. The number of nitro groups is 1. The van der Waals surface area contributed by atoms with Crippen LogP contribution in [-0.2, 0) is 0 Å². The zero-order valence-electron chi connectivity index (χ0n) is 9.42. The molecule has 0 bridgehead atoms. The third-order valence-electron chi connectivity index (χ3n) is 2.54. The molecule has 8 heteroatoms. The molecule has 0 aliphatic carbocycles. The molecule has 0 atom stereocenters. The van der Waals surface area contributed by atoms with E-state index in [4.69, 9.17) is 10.2 Å². The third kappa shape index (κ3) is 2.02. The maximum atomic E-state index is 11.1. The Hall–Kier alpha value is -2.09. The number of rotatable bonds is 3. The van der Waals surface area contributed by atoms with Gasteiger partial charge in [0.15, 0.2) is 0 Å². The number of carboxylic acid groups (broad SMARTS) is 2. The first-order valence-corrected chi connectivity index (χ1v) is 5.12. The normalized spacial score (nSPS) is 10.2. The Balaban J connectivity index is 3.99. The number of aromatic carboxylic acids is 2. The fraction of sp³-hybridized carbons (Fsp3) is 0.200. The number of nitro benzene ring substituents is 1. The minimum absolute atomic E-state index is 0.0695. The van der Waals surface area contributed by atoms with E-state index in [0.717, 1.165) is 0 Å². The van der Waals surface area contributed by atoms with Gasteiger partial charge in [0.2, 0.25) is 0 Å². The average Bonchev–Trinajstić information content (AvgIpc) is 2.23. The number of carbonyl (C=O) groups is 2. The molecule has 0 heterocycles. The summed E-state index contributed by atoms with van der Waals surface area (Å²) in [7, 11) is 0. The summed E-state index contributed by atoms with van der Waals surface area (Å²) in [5, 5.41) is 28.9. The Morgan fingerprint density at radius 2 is 1.44 bits per heavy atom. The Morgan fingerprint density at radius 3 is 1.67 bits per heavy atom. The Bertz CT molecular complexity index is 539. The summed E-state index contributed by atoms with van der Waals surface area (Å²) in [5.74, 6) is -3.12. The Labute approximate surface area is 107 Å². The van der Waals surface area contributed by atoms with E-state index in [0.29, 0.717) is 0 Å². The lowest BCUT2D eigenvalue weighted by molar-refractivity contribution is -0.385. The fourth-order valence-corrected chi connectivity index (χ4v) is 1.93. The second-order valence-electron chi connectivity index (χ2n) is 3.56. The molecule has 0 aromatic heterocycles. The number of carboxylic acids is 2. The number of hydrogen-bond donors (Lipinski definition) is 3. The highest BCUT2D eigenvalue weighted by atomic mass is 32.1. The molecule has 0 aliphatic heterocycles. The van der Waals surface area contributed by atoms with Crippen molar-refractivity contribution >= 4 is 30.3 Å². The predicted molar refractivity (Wildman–Crippen MR) is 63.7 cm³/mol. The number of nitrogens with zero attached hydrogens (tertiary/aromatic N) is 1. The highest BCUT2D eigenvalue weighted by Gasteiger charge is 2.33. The molecule has 2 N–H and O–H groups in total. The van der Waals surface area contributed by atoms with Gasteiger partial charge < -0.3 is 10.2 Å². The minimum atomic E-state index is -1.56. The largest absolute Gasteiger partial charge is 0.477 e. The first kappa shape index (κ1) is 14.0. The first-order valence-electron chi connectivity index (χ1n) is 4.67. The van der Waals surface area contributed by atoms with Gasteiger partial charge in [-0.1, -0.05) is 0 Å². The summed E-state index contributed by atoms with van der Waals surface area (Å²) < 4.78 is 0. The highest BCUT2D eigenvalue weighted by Crippen LogP contribution is 2.35. The molecular weight excluding hydrogens is 262 g/mol. The molecular formula is C10H9NO6S. The van der Waals surface area contributed by atoms with Gasteiger partial charge in [-0.05, 0) is 25.0 Å². The van der Waals surface area contributed by atoms with E-state index in [9.17, 15) is 19.7 Å². The van der Waals surface area contributed by atoms with Gasteiger partial charge in [0.1, 0.15) is 11.1 Å². The topological polar surface area (TPSA) is 118 Å². The maximum Gasteiger partial charge on any atom is 0.343 e. The first-order chi connectivity index (χ1) is 8.20. The van der Waals surface area contributed by atoms with E-state index in [1.54, 1.807) is 0 Å². The quantitative estimate of drug-likeness (QED) is 0.439. The summed E-state index contributed by atoms with van der Waals surface area (Å²) in [6.45, 7) is 2.69. The molecule has 0 amide bonds. The second-order valence-corrected chi connectivity index (χ2v) is 4.01. The molecule has 0 unspecified atom stereocenters. The predicted octanol–water partition coefficient (Wildman–Crippen LogP) is 1.90. The van der Waals surface area contributed by atoms with Crippen molar-refractivity contribution in [3.05, 3.63) is 32.4 Å². The van der Waals surface area contributed by atoms with Crippen molar-refractivity contribution in [2.45, 2.75) is 18.7 Å². The zero-order chi connectivity index (χ0) is 14.2. The van der Waals surface area contributed by atoms with Gasteiger partial charge in [0.25, 0.3) is 5.69 Å². The molecule has 1 aromatic rings. The average molecular weight is 271 g/mol. The molecule has 1 aromatic carbocycles. The molecule has 0 aliphatic rings. The van der Waals surface area contributed by atoms with Gasteiger partial charge in [-0.15, -0.1) is 12.6 Å². The van der Waals surface area contributed by atoms with Crippen LogP contribution in [0.5, 0.6) is 0 Å². The minimum Gasteiger partial charge on any atom is -0.477 e. The number of thiol groups is 1. The standard InChI is InChI=1S/C10H9NO6S/c1-3-5(9(12)13)7(11(16)17)6(10(14)15)4(2)8(3)18/h18H,1-2H3,(H,12,13)(H,14,15). The van der Waals surface area contributed by atoms with Crippen molar-refractivity contribution in [3.8, 4) is 0 Å². The zero-order valence-corrected chi connectivity index (χ0v) is 10.3. The Kier molecular flexibility index (Phi) is 3.61. The molecule has 7 nitrogen and oxygen atoms in total. The summed E-state index contributed by atoms with van der Waals surface area (Å²) in [6, 6.07) is 0. The highest BCUT2D eigenvalue weighted by molar-refractivity contribution is 7.80. The molecule has 0 radical (unpaired) electrons. The van der Waals surface area contributed by atoms with Crippen LogP contribution in [0, 0.1) is 24.0 Å². The van der Waals surface area contributed by atoms with Gasteiger partial charge in [0, 0.05) is 4.90 Å². The van der Waals surface area contributed by atoms with Crippen molar-refractivity contribution in [1.82, 2.24) is 0 Å². The maximum absolute atomic E-state index is 11.1. The SMILES string of the molecule is Cc1c(S)c(C)c(C(=O)O)c([N+](=O)[O-])c1C(=O)O. The van der Waals surface area contributed by atoms with Gasteiger partial charge in [0.05, 0.1) is 4.92 Å². The molecule has 18 heavy (non-hydrogen) atoms. The molecule has 0 spiro atoms. The summed E-state index contributed by atoms with van der Waals surface area (Å²) in [5.41, 5.74) is -2.07. The third-order valence-corrected chi connectivity index (χ3v) is 3.22. The smallest absolute Gasteiger partial charge is 0.343 e. The molecule has 0 saturated heterocycles. The van der Waals surface area contributed by atoms with E-state index in [1.165, 1.54) is 13.8 Å². The molecule has 96 valence electrons. The van der Waals surface area contributed by atoms with E-state index < -0.39 is 33.7 Å². The van der Waals surface area contributed by atoms with Crippen molar-refractivity contribution in [2.24, 2.45) is 0 Å². The van der Waals surface area contributed by atoms with Crippen LogP contribution in [0.2, 0.25) is 0 Å². The number of benzene rings is 1. The van der Waals surface area contributed by atoms with Crippen LogP contribution in [0.15, 0.2) is 4.90 Å². The van der Waals surface area contributed by atoms with Crippen molar-refractivity contribution < 1.29 is 24.7 Å². The van der Waals surface area contributed by atoms with Gasteiger partial charge >= 0.3 is 11.9 Å². The molecule has 1 rings (SSSR count). The lowest BCUT2D eigenvalue weighted by Crippen LogP contribution is -2.14. The van der Waals surface area contributed by atoms with E-state index in [-0.39, 0.29) is 16.0 Å². The van der Waals surface area contributed by atoms with Crippen LogP contribution in [0.1, 0.15) is 31.8 Å². The van der Waals surface area contributed by atoms with E-state index in [2.05, 4.69) is 12.6 Å². The second kappa shape index (κ2) is 4.65. The molecule has 0 fully saturated rings. The number of hydrogen-bond acceptors (Lipinski definition) is 5. The van der Waals surface area contributed by atoms with Gasteiger partial charge in [-0.3, -0.25) is 10.1 Å². The monoisotopic (exact) mass is 271 g/mol. The lowest BCUT2D eigenvalue weighted by atomic mass is 9.96. The van der Waals surface area contributed by atoms with E-state index >= 15 is 0 Å². The van der Waals surface area contributed by atoms with Crippen molar-refractivity contribution in [2.75, 3.05) is 0 Å². The Morgan fingerprint density at radius 1 is 1.11 bits per heavy atom. The summed E-state index contributed by atoms with van der Waals surface area (Å²) in [4.78, 5) is 32.2. The van der Waals surface area contributed by atoms with E-state index in [1.807, 2.05) is 0 Å². The van der Waals surface area contributed by atoms with Gasteiger partial charge in [-0.25, -0.2) is 9.59 Å². The van der Waals surface area contributed by atoms with Crippen molar-refractivity contribution in [1.29, 1.82) is 0 Å². The van der Waals surface area contributed by atoms with Crippen LogP contribution in [0.25, 0.3) is 0 Å². The molecule has 0 saturated carbocycles. The van der Waals surface area contributed by atoms with Crippen LogP contribution in [0.4, 0.5) is 5.69 Å². The van der Waals surface area contributed by atoms with Crippen LogP contribution >= 0.6 is 12.6 Å². The van der Waals surface area contributed by atoms with Crippen LogP contribution < -0.4 is 0 Å². The van der Waals surface area contributed by atoms with Crippen LogP contribution in [0.3, 0.4) is 0 Å².